The molecule has 1 heteroatoms. The molecule has 0 bridgehead atoms. The van der Waals surface area contributed by atoms with Crippen LogP contribution >= 0.6 is 0 Å². The van der Waals surface area contributed by atoms with E-state index in [0.717, 1.165) is 11.1 Å². The summed E-state index contributed by atoms with van der Waals surface area (Å²) >= 11 is 0. The molecule has 0 saturated heterocycles. The number of terminal acetylenes is 1. The molecule has 0 unspecified atom stereocenters. The second-order valence-corrected chi connectivity index (χ2v) is 2.78. The Morgan fingerprint density at radius 2 is 2.17 bits per heavy atom. The first-order valence-electron chi connectivity index (χ1n) is 3.92. The molecule has 1 atom stereocenters. The minimum Gasteiger partial charge on any atom is -0.387 e. The van der Waals surface area contributed by atoms with E-state index in [2.05, 4.69) is 5.92 Å². The standard InChI is InChI=1S/C11H12O/c1-3-6-11(12)10-8-5-4-7-9(10)2/h1,4-5,7-8,11-12H,6H2,2H3/t11-/m0/s1. The van der Waals surface area contributed by atoms with Crippen molar-refractivity contribution in [3.63, 3.8) is 0 Å². The average Bonchev–Trinajstić information content (AvgIpc) is 2.05. The van der Waals surface area contributed by atoms with Crippen LogP contribution in [0.1, 0.15) is 23.7 Å². The van der Waals surface area contributed by atoms with Crippen molar-refractivity contribution in [3.8, 4) is 12.3 Å². The normalized spacial score (nSPS) is 12.1. The van der Waals surface area contributed by atoms with Crippen LogP contribution in [0, 0.1) is 19.3 Å². The van der Waals surface area contributed by atoms with E-state index in [-0.39, 0.29) is 0 Å². The maximum atomic E-state index is 9.56. The lowest BCUT2D eigenvalue weighted by molar-refractivity contribution is 0.183. The van der Waals surface area contributed by atoms with Gasteiger partial charge in [-0.3, -0.25) is 0 Å². The highest BCUT2D eigenvalue weighted by atomic mass is 16.3. The largest absolute Gasteiger partial charge is 0.387 e. The number of aryl methyl sites for hydroxylation is 1. The molecule has 1 nitrogen and oxygen atoms in total. The highest BCUT2D eigenvalue weighted by Crippen LogP contribution is 2.19. The smallest absolute Gasteiger partial charge is 0.0901 e. The van der Waals surface area contributed by atoms with E-state index in [1.165, 1.54) is 0 Å². The van der Waals surface area contributed by atoms with Crippen molar-refractivity contribution in [2.45, 2.75) is 19.4 Å². The fourth-order valence-corrected chi connectivity index (χ4v) is 1.18. The van der Waals surface area contributed by atoms with Crippen LogP contribution in [0.25, 0.3) is 0 Å². The molecule has 0 heterocycles. The van der Waals surface area contributed by atoms with Crippen LogP contribution in [0.4, 0.5) is 0 Å². The van der Waals surface area contributed by atoms with Crippen LogP contribution in [0.2, 0.25) is 0 Å². The molecular formula is C11H12O. The molecule has 0 saturated carbocycles. The van der Waals surface area contributed by atoms with Gasteiger partial charge in [0, 0.05) is 6.42 Å². The molecule has 0 spiro atoms. The molecule has 0 aliphatic heterocycles. The SMILES string of the molecule is C#CC[C@H](O)c1ccccc1C. The lowest BCUT2D eigenvalue weighted by Gasteiger charge is -2.09. The van der Waals surface area contributed by atoms with Gasteiger partial charge in [0.05, 0.1) is 6.10 Å². The Morgan fingerprint density at radius 1 is 1.50 bits per heavy atom. The van der Waals surface area contributed by atoms with Crippen molar-refractivity contribution in [2.24, 2.45) is 0 Å². The number of rotatable bonds is 2. The molecule has 0 aromatic heterocycles. The molecule has 0 aliphatic rings. The fraction of sp³-hybridized carbons (Fsp3) is 0.273. The molecule has 1 N–H and O–H groups in total. The van der Waals surface area contributed by atoms with Crippen molar-refractivity contribution >= 4 is 0 Å². The molecule has 1 aromatic carbocycles. The van der Waals surface area contributed by atoms with Gasteiger partial charge in [0.1, 0.15) is 0 Å². The summed E-state index contributed by atoms with van der Waals surface area (Å²) in [6.07, 6.45) is 4.97. The Morgan fingerprint density at radius 3 is 2.75 bits per heavy atom. The second kappa shape index (κ2) is 3.94. The molecule has 0 radical (unpaired) electrons. The zero-order valence-electron chi connectivity index (χ0n) is 7.12. The number of hydrogen-bond acceptors (Lipinski definition) is 1. The van der Waals surface area contributed by atoms with Crippen LogP contribution in [0.15, 0.2) is 24.3 Å². The van der Waals surface area contributed by atoms with Crippen molar-refractivity contribution in [1.29, 1.82) is 0 Å². The van der Waals surface area contributed by atoms with Gasteiger partial charge in [-0.15, -0.1) is 12.3 Å². The number of aliphatic hydroxyl groups excluding tert-OH is 1. The van der Waals surface area contributed by atoms with Gasteiger partial charge in [-0.05, 0) is 18.1 Å². The Bertz CT molecular complexity index is 296. The minimum atomic E-state index is -0.517. The van der Waals surface area contributed by atoms with Crippen LogP contribution in [0.3, 0.4) is 0 Å². The van der Waals surface area contributed by atoms with Crippen molar-refractivity contribution in [2.75, 3.05) is 0 Å². The fourth-order valence-electron chi connectivity index (χ4n) is 1.18. The Labute approximate surface area is 73.0 Å². The van der Waals surface area contributed by atoms with Gasteiger partial charge >= 0.3 is 0 Å². The highest BCUT2D eigenvalue weighted by Gasteiger charge is 2.06. The van der Waals surface area contributed by atoms with Gasteiger partial charge in [0.2, 0.25) is 0 Å². The molecule has 0 amide bonds. The predicted octanol–water partition coefficient (Wildman–Crippen LogP) is 2.05. The maximum absolute atomic E-state index is 9.56. The van der Waals surface area contributed by atoms with Gasteiger partial charge in [-0.25, -0.2) is 0 Å². The molecule has 0 fully saturated rings. The molecular weight excluding hydrogens is 148 g/mol. The first kappa shape index (κ1) is 8.83. The van der Waals surface area contributed by atoms with Crippen molar-refractivity contribution in [3.05, 3.63) is 35.4 Å². The molecule has 0 aliphatic carbocycles. The monoisotopic (exact) mass is 160 g/mol. The summed E-state index contributed by atoms with van der Waals surface area (Å²) in [6.45, 7) is 1.97. The second-order valence-electron chi connectivity index (χ2n) is 2.78. The van der Waals surface area contributed by atoms with E-state index in [0.29, 0.717) is 6.42 Å². The summed E-state index contributed by atoms with van der Waals surface area (Å²) < 4.78 is 0. The summed E-state index contributed by atoms with van der Waals surface area (Å²) in [5.74, 6) is 2.44. The Balaban J connectivity index is 2.88. The topological polar surface area (TPSA) is 20.2 Å². The number of aliphatic hydroxyl groups is 1. The lowest BCUT2D eigenvalue weighted by Crippen LogP contribution is -1.97. The molecule has 12 heavy (non-hydrogen) atoms. The van der Waals surface area contributed by atoms with Crippen LogP contribution in [0.5, 0.6) is 0 Å². The van der Waals surface area contributed by atoms with Gasteiger partial charge in [0.25, 0.3) is 0 Å². The quantitative estimate of drug-likeness (QED) is 0.656. The Hall–Kier alpha value is -1.26. The van der Waals surface area contributed by atoms with Gasteiger partial charge < -0.3 is 5.11 Å². The summed E-state index contributed by atoms with van der Waals surface area (Å²) in [4.78, 5) is 0. The Kier molecular flexibility index (Phi) is 2.90. The van der Waals surface area contributed by atoms with E-state index >= 15 is 0 Å². The van der Waals surface area contributed by atoms with E-state index in [9.17, 15) is 5.11 Å². The van der Waals surface area contributed by atoms with E-state index in [1.54, 1.807) is 0 Å². The van der Waals surface area contributed by atoms with E-state index in [4.69, 9.17) is 6.42 Å². The van der Waals surface area contributed by atoms with Crippen molar-refractivity contribution < 1.29 is 5.11 Å². The van der Waals surface area contributed by atoms with Gasteiger partial charge in [0.15, 0.2) is 0 Å². The first-order chi connectivity index (χ1) is 5.75. The molecule has 62 valence electrons. The lowest BCUT2D eigenvalue weighted by atomic mass is 10.0. The summed E-state index contributed by atoms with van der Waals surface area (Å²) in [6, 6.07) is 7.72. The predicted molar refractivity (Wildman–Crippen MR) is 49.6 cm³/mol. The van der Waals surface area contributed by atoms with Crippen LogP contribution in [-0.4, -0.2) is 5.11 Å². The van der Waals surface area contributed by atoms with Crippen LogP contribution in [-0.2, 0) is 0 Å². The third-order valence-electron chi connectivity index (χ3n) is 1.86. The maximum Gasteiger partial charge on any atom is 0.0901 e. The van der Waals surface area contributed by atoms with Crippen molar-refractivity contribution in [1.82, 2.24) is 0 Å². The average molecular weight is 160 g/mol. The van der Waals surface area contributed by atoms with E-state index < -0.39 is 6.10 Å². The third-order valence-corrected chi connectivity index (χ3v) is 1.86. The van der Waals surface area contributed by atoms with Gasteiger partial charge in [-0.1, -0.05) is 24.3 Å². The number of hydrogen-bond donors (Lipinski definition) is 1. The van der Waals surface area contributed by atoms with E-state index in [1.807, 2.05) is 31.2 Å². The summed E-state index contributed by atoms with van der Waals surface area (Å²) in [5.41, 5.74) is 2.01. The summed E-state index contributed by atoms with van der Waals surface area (Å²) in [7, 11) is 0. The minimum absolute atomic E-state index is 0.380. The van der Waals surface area contributed by atoms with Gasteiger partial charge in [-0.2, -0.15) is 0 Å². The highest BCUT2D eigenvalue weighted by molar-refractivity contribution is 5.28. The summed E-state index contributed by atoms with van der Waals surface area (Å²) in [5, 5.41) is 9.56. The zero-order valence-corrected chi connectivity index (χ0v) is 7.12. The van der Waals surface area contributed by atoms with Crippen LogP contribution < -0.4 is 0 Å². The zero-order chi connectivity index (χ0) is 8.97. The molecule has 1 rings (SSSR count). The molecule has 1 aromatic rings. The third kappa shape index (κ3) is 1.87. The number of benzene rings is 1. The first-order valence-corrected chi connectivity index (χ1v) is 3.92.